The average molecular weight is 304 g/mol. The Morgan fingerprint density at radius 1 is 1.36 bits per heavy atom. The zero-order valence-corrected chi connectivity index (χ0v) is 14.4. The summed E-state index contributed by atoms with van der Waals surface area (Å²) in [6, 6.07) is 6.21. The van der Waals surface area contributed by atoms with E-state index in [1.54, 1.807) is 4.90 Å². The van der Waals surface area contributed by atoms with Crippen LogP contribution in [-0.4, -0.2) is 24.8 Å². The monoisotopic (exact) mass is 304 g/mol. The van der Waals surface area contributed by atoms with Crippen molar-refractivity contribution in [3.05, 3.63) is 23.8 Å². The third kappa shape index (κ3) is 4.39. The van der Waals surface area contributed by atoms with Gasteiger partial charge < -0.3 is 10.1 Å². The SMILES string of the molecule is CC(C)CCNc1ccc2c(c1)CCN2C(=O)OC(C)(C)C. The van der Waals surface area contributed by atoms with Gasteiger partial charge >= 0.3 is 6.09 Å². The number of benzene rings is 1. The summed E-state index contributed by atoms with van der Waals surface area (Å²) in [6.45, 7) is 11.8. The van der Waals surface area contributed by atoms with Gasteiger partial charge in [0, 0.05) is 18.8 Å². The molecule has 0 atom stereocenters. The molecule has 0 radical (unpaired) electrons. The van der Waals surface area contributed by atoms with Gasteiger partial charge in [0.15, 0.2) is 0 Å². The topological polar surface area (TPSA) is 41.6 Å². The van der Waals surface area contributed by atoms with Gasteiger partial charge in [-0.2, -0.15) is 0 Å². The van der Waals surface area contributed by atoms with Crippen LogP contribution in [0.2, 0.25) is 0 Å². The second-order valence-corrected chi connectivity index (χ2v) is 7.33. The first kappa shape index (κ1) is 16.7. The lowest BCUT2D eigenvalue weighted by Crippen LogP contribution is -2.35. The van der Waals surface area contributed by atoms with Crippen LogP contribution in [0.25, 0.3) is 0 Å². The van der Waals surface area contributed by atoms with Gasteiger partial charge in [-0.05, 0) is 63.3 Å². The number of nitrogens with one attached hydrogen (secondary N) is 1. The molecule has 1 aliphatic heterocycles. The maximum atomic E-state index is 12.2. The molecule has 4 heteroatoms. The average Bonchev–Trinajstić information content (AvgIpc) is 2.79. The molecule has 2 rings (SSSR count). The van der Waals surface area contributed by atoms with Crippen LogP contribution in [0.1, 0.15) is 46.6 Å². The molecule has 1 N–H and O–H groups in total. The van der Waals surface area contributed by atoms with E-state index < -0.39 is 5.60 Å². The molecule has 1 aromatic rings. The van der Waals surface area contributed by atoms with Crippen molar-refractivity contribution < 1.29 is 9.53 Å². The molecule has 0 unspecified atom stereocenters. The third-order valence-electron chi connectivity index (χ3n) is 3.64. The zero-order chi connectivity index (χ0) is 16.3. The standard InChI is InChI=1S/C18H28N2O2/c1-13(2)8-10-19-15-6-7-16-14(12-15)9-11-20(16)17(21)22-18(3,4)5/h6-7,12-13,19H,8-11H2,1-5H3. The number of ether oxygens (including phenoxy) is 1. The van der Waals surface area contributed by atoms with E-state index in [4.69, 9.17) is 4.74 Å². The Morgan fingerprint density at radius 2 is 2.09 bits per heavy atom. The largest absolute Gasteiger partial charge is 0.443 e. The molecule has 22 heavy (non-hydrogen) atoms. The van der Waals surface area contributed by atoms with Crippen molar-refractivity contribution in [3.63, 3.8) is 0 Å². The Bertz CT molecular complexity index is 532. The fraction of sp³-hybridized carbons (Fsp3) is 0.611. The van der Waals surface area contributed by atoms with Crippen molar-refractivity contribution >= 4 is 17.5 Å². The second-order valence-electron chi connectivity index (χ2n) is 7.33. The van der Waals surface area contributed by atoms with E-state index in [0.717, 1.165) is 30.8 Å². The van der Waals surface area contributed by atoms with E-state index in [9.17, 15) is 4.79 Å². The molecule has 0 spiro atoms. The highest BCUT2D eigenvalue weighted by Crippen LogP contribution is 2.31. The quantitative estimate of drug-likeness (QED) is 0.894. The van der Waals surface area contributed by atoms with E-state index in [0.29, 0.717) is 12.5 Å². The smallest absolute Gasteiger partial charge is 0.414 e. The Morgan fingerprint density at radius 3 is 2.73 bits per heavy atom. The lowest BCUT2D eigenvalue weighted by molar-refractivity contribution is 0.0584. The molecule has 1 amide bonds. The third-order valence-corrected chi connectivity index (χ3v) is 3.64. The number of hydrogen-bond acceptors (Lipinski definition) is 3. The number of nitrogens with zero attached hydrogens (tertiary/aromatic N) is 1. The van der Waals surface area contributed by atoms with Crippen LogP contribution >= 0.6 is 0 Å². The predicted octanol–water partition coefficient (Wildman–Crippen LogP) is 4.44. The van der Waals surface area contributed by atoms with Crippen molar-refractivity contribution in [1.29, 1.82) is 0 Å². The summed E-state index contributed by atoms with van der Waals surface area (Å²) in [5, 5.41) is 3.45. The number of anilines is 2. The molecule has 0 aliphatic carbocycles. The minimum atomic E-state index is -0.460. The van der Waals surface area contributed by atoms with Crippen molar-refractivity contribution in [1.82, 2.24) is 0 Å². The predicted molar refractivity (Wildman–Crippen MR) is 91.7 cm³/mol. The molecular formula is C18H28N2O2. The van der Waals surface area contributed by atoms with Gasteiger partial charge in [0.2, 0.25) is 0 Å². The van der Waals surface area contributed by atoms with Crippen molar-refractivity contribution in [3.8, 4) is 0 Å². The Labute approximate surface area is 133 Å². The van der Waals surface area contributed by atoms with Crippen LogP contribution in [0.5, 0.6) is 0 Å². The first-order valence-corrected chi connectivity index (χ1v) is 8.13. The van der Waals surface area contributed by atoms with Gasteiger partial charge in [-0.15, -0.1) is 0 Å². The first-order chi connectivity index (χ1) is 10.3. The number of carbonyl (C=O) groups is 1. The maximum Gasteiger partial charge on any atom is 0.414 e. The van der Waals surface area contributed by atoms with Gasteiger partial charge in [0.05, 0.1) is 5.69 Å². The van der Waals surface area contributed by atoms with Crippen molar-refractivity contribution in [2.75, 3.05) is 23.3 Å². The highest BCUT2D eigenvalue weighted by Gasteiger charge is 2.28. The number of amides is 1. The van der Waals surface area contributed by atoms with Crippen LogP contribution in [-0.2, 0) is 11.2 Å². The number of fused-ring (bicyclic) bond motifs is 1. The molecule has 4 nitrogen and oxygen atoms in total. The maximum absolute atomic E-state index is 12.2. The lowest BCUT2D eigenvalue weighted by Gasteiger charge is -2.24. The van der Waals surface area contributed by atoms with Crippen LogP contribution in [0.4, 0.5) is 16.2 Å². The minimum absolute atomic E-state index is 0.258. The van der Waals surface area contributed by atoms with E-state index in [1.165, 1.54) is 5.56 Å². The van der Waals surface area contributed by atoms with E-state index in [-0.39, 0.29) is 6.09 Å². The molecule has 0 saturated heterocycles. The molecule has 1 aromatic carbocycles. The highest BCUT2D eigenvalue weighted by atomic mass is 16.6. The number of rotatable bonds is 4. The van der Waals surface area contributed by atoms with Crippen molar-refractivity contribution in [2.24, 2.45) is 5.92 Å². The van der Waals surface area contributed by atoms with Gasteiger partial charge in [0.1, 0.15) is 5.60 Å². The van der Waals surface area contributed by atoms with Crippen LogP contribution in [0.15, 0.2) is 18.2 Å². The summed E-state index contributed by atoms with van der Waals surface area (Å²) in [5.41, 5.74) is 2.85. The summed E-state index contributed by atoms with van der Waals surface area (Å²) >= 11 is 0. The zero-order valence-electron chi connectivity index (χ0n) is 14.4. The number of carbonyl (C=O) groups excluding carboxylic acids is 1. The lowest BCUT2D eigenvalue weighted by atomic mass is 10.1. The molecule has 0 saturated carbocycles. The van der Waals surface area contributed by atoms with Crippen LogP contribution in [0.3, 0.4) is 0 Å². The summed E-state index contributed by atoms with van der Waals surface area (Å²) < 4.78 is 5.47. The molecule has 1 heterocycles. The summed E-state index contributed by atoms with van der Waals surface area (Å²) in [6.07, 6.45) is 1.78. The second kappa shape index (κ2) is 6.59. The summed E-state index contributed by atoms with van der Waals surface area (Å²) in [4.78, 5) is 14.0. The normalized spacial score (nSPS) is 14.2. The van der Waals surface area contributed by atoms with Gasteiger partial charge in [0.25, 0.3) is 0 Å². The minimum Gasteiger partial charge on any atom is -0.443 e. The van der Waals surface area contributed by atoms with Gasteiger partial charge in [-0.25, -0.2) is 4.79 Å². The molecule has 0 fully saturated rings. The summed E-state index contributed by atoms with van der Waals surface area (Å²) in [7, 11) is 0. The Balaban J connectivity index is 2.02. The van der Waals surface area contributed by atoms with E-state index in [2.05, 4.69) is 25.2 Å². The van der Waals surface area contributed by atoms with Crippen molar-refractivity contribution in [2.45, 2.75) is 53.1 Å². The van der Waals surface area contributed by atoms with Crippen LogP contribution < -0.4 is 10.2 Å². The van der Waals surface area contributed by atoms with Gasteiger partial charge in [-0.1, -0.05) is 13.8 Å². The summed E-state index contributed by atoms with van der Waals surface area (Å²) in [5.74, 6) is 0.699. The molecule has 0 bridgehead atoms. The first-order valence-electron chi connectivity index (χ1n) is 8.13. The molecule has 0 aromatic heterocycles. The van der Waals surface area contributed by atoms with E-state index in [1.807, 2.05) is 32.9 Å². The highest BCUT2D eigenvalue weighted by molar-refractivity contribution is 5.91. The van der Waals surface area contributed by atoms with Gasteiger partial charge in [-0.3, -0.25) is 4.90 Å². The van der Waals surface area contributed by atoms with Crippen LogP contribution in [0, 0.1) is 5.92 Å². The molecule has 122 valence electrons. The molecular weight excluding hydrogens is 276 g/mol. The molecule has 1 aliphatic rings. The Hall–Kier alpha value is -1.71. The Kier molecular flexibility index (Phi) is 4.99. The fourth-order valence-corrected chi connectivity index (χ4v) is 2.52. The fourth-order valence-electron chi connectivity index (χ4n) is 2.52. The van der Waals surface area contributed by atoms with E-state index >= 15 is 0 Å². The number of hydrogen-bond donors (Lipinski definition) is 1.